The molecule has 0 saturated carbocycles. The number of rotatable bonds is 5. The Hall–Kier alpha value is -2.13. The third-order valence-corrected chi connectivity index (χ3v) is 5.69. The predicted molar refractivity (Wildman–Crippen MR) is 95.5 cm³/mol. The molecule has 9 heteroatoms. The van der Waals surface area contributed by atoms with Gasteiger partial charge in [0.1, 0.15) is 5.54 Å². The number of methoxy groups -OCH3 is 1. The summed E-state index contributed by atoms with van der Waals surface area (Å²) in [5.41, 5.74) is -1.33. The molecule has 2 fully saturated rings. The SMILES string of the molecule is COC1CN2C(=O)N(CC(c3cccc(C(F)(F)F)c3)N(C)C)C(=O)C2(C)C1. The molecule has 1 aromatic carbocycles. The van der Waals surface area contributed by atoms with Crippen molar-refractivity contribution in [1.29, 1.82) is 0 Å². The van der Waals surface area contributed by atoms with Crippen LogP contribution in [0.2, 0.25) is 0 Å². The Morgan fingerprint density at radius 1 is 1.32 bits per heavy atom. The Morgan fingerprint density at radius 3 is 2.54 bits per heavy atom. The number of ether oxygens (including phenoxy) is 1. The lowest BCUT2D eigenvalue weighted by atomic mass is 9.97. The first-order chi connectivity index (χ1) is 13.0. The number of hydrogen-bond donors (Lipinski definition) is 0. The summed E-state index contributed by atoms with van der Waals surface area (Å²) in [4.78, 5) is 30.2. The number of likely N-dealkylation sites (N-methyl/N-ethyl adjacent to an activating group) is 1. The van der Waals surface area contributed by atoms with E-state index in [9.17, 15) is 22.8 Å². The highest BCUT2D eigenvalue weighted by atomic mass is 19.4. The largest absolute Gasteiger partial charge is 0.416 e. The maximum absolute atomic E-state index is 13.1. The predicted octanol–water partition coefficient (Wildman–Crippen LogP) is 2.75. The quantitative estimate of drug-likeness (QED) is 0.715. The van der Waals surface area contributed by atoms with Crippen molar-refractivity contribution in [2.24, 2.45) is 0 Å². The smallest absolute Gasteiger partial charge is 0.380 e. The molecule has 0 aromatic heterocycles. The summed E-state index contributed by atoms with van der Waals surface area (Å²) in [5.74, 6) is -0.337. The molecule has 0 spiro atoms. The highest BCUT2D eigenvalue weighted by molar-refractivity contribution is 6.07. The molecule has 154 valence electrons. The van der Waals surface area contributed by atoms with Gasteiger partial charge in [0.05, 0.1) is 24.3 Å². The van der Waals surface area contributed by atoms with E-state index in [1.54, 1.807) is 39.1 Å². The molecule has 0 radical (unpaired) electrons. The van der Waals surface area contributed by atoms with Crippen molar-refractivity contribution in [1.82, 2.24) is 14.7 Å². The summed E-state index contributed by atoms with van der Waals surface area (Å²) >= 11 is 0. The monoisotopic (exact) mass is 399 g/mol. The number of imide groups is 1. The molecule has 0 aliphatic carbocycles. The normalized spacial score (nSPS) is 26.4. The molecule has 28 heavy (non-hydrogen) atoms. The van der Waals surface area contributed by atoms with Gasteiger partial charge in [0.2, 0.25) is 0 Å². The fourth-order valence-electron chi connectivity index (χ4n) is 4.02. The molecule has 2 aliphatic heterocycles. The van der Waals surface area contributed by atoms with Crippen LogP contribution in [-0.4, -0.2) is 72.6 Å². The van der Waals surface area contributed by atoms with Crippen LogP contribution in [0.25, 0.3) is 0 Å². The number of halogens is 3. The number of amides is 3. The molecule has 3 rings (SSSR count). The van der Waals surface area contributed by atoms with Gasteiger partial charge in [0.15, 0.2) is 0 Å². The van der Waals surface area contributed by atoms with Crippen LogP contribution in [0, 0.1) is 0 Å². The van der Waals surface area contributed by atoms with Gasteiger partial charge in [-0.1, -0.05) is 12.1 Å². The molecular weight excluding hydrogens is 375 g/mol. The fraction of sp³-hybridized carbons (Fsp3) is 0.579. The van der Waals surface area contributed by atoms with Crippen LogP contribution in [-0.2, 0) is 15.7 Å². The van der Waals surface area contributed by atoms with Gasteiger partial charge >= 0.3 is 12.2 Å². The average molecular weight is 399 g/mol. The molecule has 0 bridgehead atoms. The lowest BCUT2D eigenvalue weighted by Gasteiger charge is -2.29. The van der Waals surface area contributed by atoms with Crippen molar-refractivity contribution in [3.05, 3.63) is 35.4 Å². The van der Waals surface area contributed by atoms with E-state index in [1.165, 1.54) is 11.0 Å². The molecule has 3 atom stereocenters. The van der Waals surface area contributed by atoms with E-state index in [-0.39, 0.29) is 18.6 Å². The lowest BCUT2D eigenvalue weighted by Crippen LogP contribution is -2.43. The first-order valence-corrected chi connectivity index (χ1v) is 8.99. The molecule has 0 N–H and O–H groups in total. The third-order valence-electron chi connectivity index (χ3n) is 5.69. The van der Waals surface area contributed by atoms with E-state index < -0.39 is 29.4 Å². The number of carbonyl (C=O) groups excluding carboxylic acids is 2. The first kappa shape index (κ1) is 20.6. The van der Waals surface area contributed by atoms with E-state index in [0.29, 0.717) is 18.5 Å². The van der Waals surface area contributed by atoms with Gasteiger partial charge in [-0.25, -0.2) is 4.79 Å². The van der Waals surface area contributed by atoms with E-state index >= 15 is 0 Å². The second-order valence-corrected chi connectivity index (χ2v) is 7.75. The Labute approximate surface area is 161 Å². The van der Waals surface area contributed by atoms with Gasteiger partial charge in [0.25, 0.3) is 5.91 Å². The Kier molecular flexibility index (Phi) is 5.18. The van der Waals surface area contributed by atoms with Gasteiger partial charge in [-0.2, -0.15) is 13.2 Å². The third kappa shape index (κ3) is 3.37. The fourth-order valence-corrected chi connectivity index (χ4v) is 4.02. The number of alkyl halides is 3. The number of fused-ring (bicyclic) bond motifs is 1. The number of urea groups is 1. The van der Waals surface area contributed by atoms with Crippen LogP contribution in [0.5, 0.6) is 0 Å². The Balaban J connectivity index is 1.87. The summed E-state index contributed by atoms with van der Waals surface area (Å²) in [6, 6.07) is 4.01. The Morgan fingerprint density at radius 2 is 2.00 bits per heavy atom. The van der Waals surface area contributed by atoms with Crippen molar-refractivity contribution >= 4 is 11.9 Å². The van der Waals surface area contributed by atoms with Gasteiger partial charge in [-0.3, -0.25) is 9.69 Å². The summed E-state index contributed by atoms with van der Waals surface area (Å²) in [5, 5.41) is 0. The minimum absolute atomic E-state index is 0.0181. The Bertz CT molecular complexity index is 783. The molecule has 2 aliphatic rings. The van der Waals surface area contributed by atoms with Crippen LogP contribution >= 0.6 is 0 Å². The van der Waals surface area contributed by atoms with E-state index in [2.05, 4.69) is 0 Å². The maximum Gasteiger partial charge on any atom is 0.416 e. The van der Waals surface area contributed by atoms with Crippen LogP contribution in [0.4, 0.5) is 18.0 Å². The van der Waals surface area contributed by atoms with E-state index in [1.807, 2.05) is 0 Å². The van der Waals surface area contributed by atoms with E-state index in [4.69, 9.17) is 4.74 Å². The highest BCUT2D eigenvalue weighted by Crippen LogP contribution is 2.39. The van der Waals surface area contributed by atoms with Gasteiger partial charge < -0.3 is 14.5 Å². The van der Waals surface area contributed by atoms with Crippen molar-refractivity contribution in [2.75, 3.05) is 34.3 Å². The zero-order valence-corrected chi connectivity index (χ0v) is 16.3. The molecular formula is C19H24F3N3O3. The highest BCUT2D eigenvalue weighted by Gasteiger charge is 2.59. The molecule has 1 aromatic rings. The van der Waals surface area contributed by atoms with Crippen molar-refractivity contribution in [2.45, 2.75) is 37.2 Å². The van der Waals surface area contributed by atoms with Gasteiger partial charge in [-0.05, 0) is 38.7 Å². The topological polar surface area (TPSA) is 53.1 Å². The zero-order valence-electron chi connectivity index (χ0n) is 16.3. The van der Waals surface area contributed by atoms with Gasteiger partial charge in [0, 0.05) is 20.1 Å². The summed E-state index contributed by atoms with van der Waals surface area (Å²) in [6.45, 7) is 2.02. The van der Waals surface area contributed by atoms with Crippen molar-refractivity contribution in [3.63, 3.8) is 0 Å². The minimum atomic E-state index is -4.46. The summed E-state index contributed by atoms with van der Waals surface area (Å²) < 4.78 is 44.6. The summed E-state index contributed by atoms with van der Waals surface area (Å²) in [7, 11) is 4.96. The number of hydrogen-bond acceptors (Lipinski definition) is 4. The van der Waals surface area contributed by atoms with Crippen LogP contribution in [0.3, 0.4) is 0 Å². The molecule has 2 heterocycles. The van der Waals surface area contributed by atoms with Crippen LogP contribution in [0.1, 0.15) is 30.5 Å². The van der Waals surface area contributed by atoms with Crippen molar-refractivity contribution in [3.8, 4) is 0 Å². The van der Waals surface area contributed by atoms with Crippen molar-refractivity contribution < 1.29 is 27.5 Å². The number of benzene rings is 1. The van der Waals surface area contributed by atoms with Crippen LogP contribution in [0.15, 0.2) is 24.3 Å². The average Bonchev–Trinajstić information content (AvgIpc) is 3.05. The molecule has 3 amide bonds. The molecule has 3 unspecified atom stereocenters. The number of carbonyl (C=O) groups is 2. The summed E-state index contributed by atoms with van der Waals surface area (Å²) in [6.07, 6.45) is -4.26. The minimum Gasteiger partial charge on any atom is -0.380 e. The maximum atomic E-state index is 13.1. The second-order valence-electron chi connectivity index (χ2n) is 7.75. The zero-order chi connectivity index (χ0) is 20.9. The second kappa shape index (κ2) is 7.04. The molecule has 6 nitrogen and oxygen atoms in total. The van der Waals surface area contributed by atoms with E-state index in [0.717, 1.165) is 17.0 Å². The van der Waals surface area contributed by atoms with Crippen LogP contribution < -0.4 is 0 Å². The van der Waals surface area contributed by atoms with Gasteiger partial charge in [-0.15, -0.1) is 0 Å². The standard InChI is InChI=1S/C19H24F3N3O3/c1-18-9-14(28-4)10-25(18)17(27)24(16(18)26)11-15(23(2)3)12-6-5-7-13(8-12)19(20,21)22/h5-8,14-15H,9-11H2,1-4H3. The lowest BCUT2D eigenvalue weighted by molar-refractivity contribution is -0.137. The number of nitrogens with zero attached hydrogens (tertiary/aromatic N) is 3. The molecule has 2 saturated heterocycles. The first-order valence-electron chi connectivity index (χ1n) is 8.99.